The molecule has 0 aromatic heterocycles. The average molecular weight is 739 g/mol. The Bertz CT molecular complexity index is 1080. The fourth-order valence-electron chi connectivity index (χ4n) is 3.90. The number of aliphatic hydroxyl groups is 3. The van der Waals surface area contributed by atoms with Gasteiger partial charge in [-0.15, -0.1) is 24.0 Å². The maximum Gasteiger partial charge on any atom is 0.215 e. The van der Waals surface area contributed by atoms with Gasteiger partial charge in [-0.25, -0.2) is 0 Å². The van der Waals surface area contributed by atoms with E-state index < -0.39 is 5.41 Å². The smallest absolute Gasteiger partial charge is 0.215 e. The molecule has 2 rings (SSSR count). The number of halogens is 1. The predicted molar refractivity (Wildman–Crippen MR) is 192 cm³/mol. The number of benzene rings is 2. The third-order valence-electron chi connectivity index (χ3n) is 7.03. The topological polar surface area (TPSA) is 88.4 Å². The zero-order valence-corrected chi connectivity index (χ0v) is 32.3. The summed E-state index contributed by atoms with van der Waals surface area (Å²) >= 11 is 0. The summed E-state index contributed by atoms with van der Waals surface area (Å²) in [4.78, 5) is 0. The molecule has 242 valence electrons. The molecule has 0 saturated heterocycles. The van der Waals surface area contributed by atoms with Crippen molar-refractivity contribution < 1.29 is 28.9 Å². The maximum absolute atomic E-state index is 9.31. The molecule has 0 saturated carbocycles. The van der Waals surface area contributed by atoms with Crippen LogP contribution in [0.4, 0.5) is 0 Å². The molecule has 2 aromatic rings. The first-order chi connectivity index (χ1) is 18.6. The minimum atomic E-state index is -1.04. The maximum atomic E-state index is 9.31. The van der Waals surface area contributed by atoms with Crippen molar-refractivity contribution in [3.05, 3.63) is 58.7 Å². The molecule has 0 amide bonds. The molecule has 0 radical (unpaired) electrons. The molecule has 2 unspecified atom stereocenters. The van der Waals surface area contributed by atoms with Gasteiger partial charge in [0.1, 0.15) is 11.5 Å². The van der Waals surface area contributed by atoms with E-state index in [1.165, 1.54) is 16.7 Å². The molecule has 2 atom stereocenters. The highest BCUT2D eigenvalue weighted by Crippen LogP contribution is 2.38. The molecule has 0 fully saturated rings. The van der Waals surface area contributed by atoms with Crippen molar-refractivity contribution in [2.24, 2.45) is 5.41 Å². The summed E-state index contributed by atoms with van der Waals surface area (Å²) < 4.78 is 16.6. The summed E-state index contributed by atoms with van der Waals surface area (Å²) in [5.74, 6) is 1.71. The van der Waals surface area contributed by atoms with Crippen molar-refractivity contribution in [2.75, 3.05) is 26.4 Å². The molecule has 0 aliphatic rings. The van der Waals surface area contributed by atoms with E-state index in [9.17, 15) is 15.3 Å². The summed E-state index contributed by atoms with van der Waals surface area (Å²) in [6, 6.07) is 12.7. The van der Waals surface area contributed by atoms with E-state index in [0.717, 1.165) is 17.1 Å². The van der Waals surface area contributed by atoms with E-state index >= 15 is 0 Å². The first-order valence-corrected chi connectivity index (χ1v) is 15.5. The fraction of sp³-hybridized carbons (Fsp3) is 0.636. The largest absolute Gasteiger partial charge is 0.480 e. The Morgan fingerprint density at radius 2 is 1.00 bits per heavy atom. The summed E-state index contributed by atoms with van der Waals surface area (Å²) in [7, 11) is 2.05. The molecule has 0 bridgehead atoms. The van der Waals surface area contributed by atoms with Crippen LogP contribution in [0, 0.1) is 5.41 Å². The second kappa shape index (κ2) is 16.7. The van der Waals surface area contributed by atoms with Gasteiger partial charge in [0.05, 0.1) is 41.3 Å². The van der Waals surface area contributed by atoms with Crippen LogP contribution in [0.1, 0.15) is 105 Å². The first kappa shape index (κ1) is 41.5. The highest BCUT2D eigenvalue weighted by atomic mass is 127. The average Bonchev–Trinajstić information content (AvgIpc) is 2.87. The standard InChI is InChI=1S/C19H33O5P.C14H23OP.HI/c1-17(2,3)14-7-8-16(15(9-14)18(4,5)6)24-25-23-13-19(10-20,11-21)12-22;1-13(2,3)10-7-8-12(15-16)11(9-10)14(4,5)6;/h7-9,20-22,25H,10-13H2,1-6H3;7-9H,16H2,1-6H3;1H. The summed E-state index contributed by atoms with van der Waals surface area (Å²) in [6.45, 7) is 25.3. The monoisotopic (exact) mass is 738 g/mol. The Balaban J connectivity index is 0.000000855. The van der Waals surface area contributed by atoms with Crippen molar-refractivity contribution >= 4 is 42.5 Å². The van der Waals surface area contributed by atoms with Crippen LogP contribution in [-0.4, -0.2) is 41.7 Å². The summed E-state index contributed by atoms with van der Waals surface area (Å²) in [5, 5.41) is 27.9. The lowest BCUT2D eigenvalue weighted by molar-refractivity contribution is -0.0239. The van der Waals surface area contributed by atoms with Crippen LogP contribution in [-0.2, 0) is 26.2 Å². The summed E-state index contributed by atoms with van der Waals surface area (Å²) in [5.41, 5.74) is 4.18. The molecule has 2 aromatic carbocycles. The van der Waals surface area contributed by atoms with Crippen LogP contribution in [0.5, 0.6) is 11.5 Å². The third kappa shape index (κ3) is 12.5. The van der Waals surface area contributed by atoms with Gasteiger partial charge in [0.2, 0.25) is 9.03 Å². The van der Waals surface area contributed by atoms with Crippen molar-refractivity contribution in [3.8, 4) is 11.5 Å². The van der Waals surface area contributed by atoms with E-state index in [1.807, 2.05) is 6.07 Å². The molecule has 6 nitrogen and oxygen atoms in total. The molecule has 3 N–H and O–H groups in total. The predicted octanol–water partition coefficient (Wildman–Crippen LogP) is 8.22. The van der Waals surface area contributed by atoms with Gasteiger partial charge in [-0.05, 0) is 44.9 Å². The third-order valence-corrected chi connectivity index (χ3v) is 7.85. The molecule has 0 aliphatic heterocycles. The number of hydrogen-bond acceptors (Lipinski definition) is 6. The molecule has 42 heavy (non-hydrogen) atoms. The van der Waals surface area contributed by atoms with Gasteiger partial charge in [0, 0.05) is 11.1 Å². The SMILES string of the molecule is CC(C)(C)c1ccc(OP)c(C(C)(C)C)c1.CC(C)(C)c1ccc(OPOCC(CO)(CO)CO)c(C(C)(C)C)c1.I. The van der Waals surface area contributed by atoms with Gasteiger partial charge >= 0.3 is 0 Å². The second-order valence-electron chi connectivity index (χ2n) is 15.0. The van der Waals surface area contributed by atoms with Crippen LogP contribution in [0.15, 0.2) is 36.4 Å². The molecular weight excluding hydrogens is 681 g/mol. The second-order valence-corrected chi connectivity index (χ2v) is 15.9. The summed E-state index contributed by atoms with van der Waals surface area (Å²) in [6.07, 6.45) is 0. The molecule has 0 spiro atoms. The van der Waals surface area contributed by atoms with Crippen LogP contribution in [0.2, 0.25) is 0 Å². The van der Waals surface area contributed by atoms with Gasteiger partial charge in [-0.2, -0.15) is 0 Å². The van der Waals surface area contributed by atoms with Gasteiger partial charge in [0.15, 0.2) is 0 Å². The molecule has 0 aliphatic carbocycles. The van der Waals surface area contributed by atoms with Crippen molar-refractivity contribution in [3.63, 3.8) is 0 Å². The zero-order valence-electron chi connectivity index (χ0n) is 27.8. The highest BCUT2D eigenvalue weighted by molar-refractivity contribution is 14.0. The van der Waals surface area contributed by atoms with E-state index in [1.54, 1.807) is 0 Å². The first-order valence-electron chi connectivity index (χ1n) is 14.2. The van der Waals surface area contributed by atoms with Crippen LogP contribution >= 0.6 is 42.5 Å². The molecule has 0 heterocycles. The van der Waals surface area contributed by atoms with Crippen LogP contribution in [0.25, 0.3) is 0 Å². The van der Waals surface area contributed by atoms with Crippen molar-refractivity contribution in [1.82, 2.24) is 0 Å². The Morgan fingerprint density at radius 1 is 0.619 bits per heavy atom. The number of hydrogen-bond donors (Lipinski definition) is 3. The van der Waals surface area contributed by atoms with E-state index in [4.69, 9.17) is 13.6 Å². The number of rotatable bonds is 9. The van der Waals surface area contributed by atoms with Crippen molar-refractivity contribution in [1.29, 1.82) is 0 Å². The minimum Gasteiger partial charge on any atom is -0.480 e. The van der Waals surface area contributed by atoms with Gasteiger partial charge < -0.3 is 28.9 Å². The minimum absolute atomic E-state index is 0. The highest BCUT2D eigenvalue weighted by Gasteiger charge is 2.29. The zero-order chi connectivity index (χ0) is 31.9. The van der Waals surface area contributed by atoms with Crippen molar-refractivity contribution in [2.45, 2.75) is 105 Å². The number of aliphatic hydroxyl groups excluding tert-OH is 3. The lowest BCUT2D eigenvalue weighted by atomic mass is 9.80. The quantitative estimate of drug-likeness (QED) is 0.137. The normalized spacial score (nSPS) is 13.0. The lowest BCUT2D eigenvalue weighted by Gasteiger charge is -2.28. The van der Waals surface area contributed by atoms with E-state index in [0.29, 0.717) is 0 Å². The Hall–Kier alpha value is -0.530. The van der Waals surface area contributed by atoms with Gasteiger partial charge in [-0.1, -0.05) is 107 Å². The van der Waals surface area contributed by atoms with E-state index in [2.05, 4.69) is 123 Å². The fourth-order valence-corrected chi connectivity index (χ4v) is 4.80. The van der Waals surface area contributed by atoms with Gasteiger partial charge in [-0.3, -0.25) is 0 Å². The van der Waals surface area contributed by atoms with Crippen LogP contribution in [0.3, 0.4) is 0 Å². The Morgan fingerprint density at radius 3 is 1.33 bits per heavy atom. The molecular formula is C33H57IO6P2. The Labute approximate surface area is 277 Å². The lowest BCUT2D eigenvalue weighted by Crippen LogP contribution is -2.38. The van der Waals surface area contributed by atoms with E-state index in [-0.39, 0.29) is 81.1 Å². The Kier molecular flexibility index (Phi) is 16.5. The van der Waals surface area contributed by atoms with Crippen LogP contribution < -0.4 is 9.05 Å². The molecule has 9 heteroatoms. The van der Waals surface area contributed by atoms with Gasteiger partial charge in [0.25, 0.3) is 0 Å².